The van der Waals surface area contributed by atoms with Crippen LogP contribution >= 0.6 is 0 Å². The zero-order chi connectivity index (χ0) is 17.5. The normalized spacial score (nSPS) is 11.9. The molecule has 0 saturated heterocycles. The summed E-state index contributed by atoms with van der Waals surface area (Å²) in [6, 6.07) is 3.50. The van der Waals surface area contributed by atoms with Gasteiger partial charge < -0.3 is 19.0 Å². The number of furan rings is 1. The third kappa shape index (κ3) is 8.21. The highest BCUT2D eigenvalue weighted by molar-refractivity contribution is 5.93. The summed E-state index contributed by atoms with van der Waals surface area (Å²) in [5, 5.41) is 0. The second-order valence-corrected chi connectivity index (χ2v) is 6.50. The van der Waals surface area contributed by atoms with E-state index in [2.05, 4.69) is 0 Å². The van der Waals surface area contributed by atoms with Crippen molar-refractivity contribution in [2.75, 3.05) is 33.7 Å². The Morgan fingerprint density at radius 3 is 2.48 bits per heavy atom. The van der Waals surface area contributed by atoms with Gasteiger partial charge in [0.2, 0.25) is 5.91 Å². The maximum Gasteiger partial charge on any atom is 0.326 e. The molecule has 23 heavy (non-hydrogen) atoms. The van der Waals surface area contributed by atoms with Crippen LogP contribution < -0.4 is 0 Å². The average molecular weight is 322 g/mol. The number of rotatable bonds is 7. The molecule has 0 saturated carbocycles. The van der Waals surface area contributed by atoms with Crippen molar-refractivity contribution in [2.24, 2.45) is 0 Å². The van der Waals surface area contributed by atoms with Gasteiger partial charge in [-0.2, -0.15) is 0 Å². The van der Waals surface area contributed by atoms with Crippen LogP contribution in [-0.4, -0.2) is 61.0 Å². The zero-order valence-corrected chi connectivity index (χ0v) is 14.5. The predicted octanol–water partition coefficient (Wildman–Crippen LogP) is 2.02. The van der Waals surface area contributed by atoms with Crippen LogP contribution in [0.4, 0.5) is 0 Å². The lowest BCUT2D eigenvalue weighted by molar-refractivity contribution is -0.158. The van der Waals surface area contributed by atoms with E-state index in [-0.39, 0.29) is 12.5 Å². The Balaban J connectivity index is 2.70. The molecule has 0 N–H and O–H groups in total. The molecule has 0 aromatic carbocycles. The van der Waals surface area contributed by atoms with Gasteiger partial charge in [-0.15, -0.1) is 0 Å². The van der Waals surface area contributed by atoms with Crippen molar-refractivity contribution in [3.8, 4) is 0 Å². The number of carbonyl (C=O) groups excluding carboxylic acids is 2. The number of likely N-dealkylation sites (N-methyl/N-ethyl adjacent to an activating group) is 1. The summed E-state index contributed by atoms with van der Waals surface area (Å²) < 4.78 is 10.4. The van der Waals surface area contributed by atoms with Crippen molar-refractivity contribution in [2.45, 2.75) is 26.4 Å². The summed E-state index contributed by atoms with van der Waals surface area (Å²) in [4.78, 5) is 27.7. The number of esters is 1. The minimum Gasteiger partial charge on any atom is -0.465 e. The Kier molecular flexibility index (Phi) is 7.03. The smallest absolute Gasteiger partial charge is 0.326 e. The van der Waals surface area contributed by atoms with E-state index in [0.717, 1.165) is 0 Å². The summed E-state index contributed by atoms with van der Waals surface area (Å²) in [5.74, 6) is -0.0895. The van der Waals surface area contributed by atoms with E-state index in [1.807, 2.05) is 19.0 Å². The summed E-state index contributed by atoms with van der Waals surface area (Å²) in [5.41, 5.74) is -0.572. The van der Waals surface area contributed by atoms with Gasteiger partial charge in [-0.05, 0) is 53.1 Å². The minimum absolute atomic E-state index is 0.0769. The van der Waals surface area contributed by atoms with Crippen LogP contribution in [0.2, 0.25) is 0 Å². The van der Waals surface area contributed by atoms with Gasteiger partial charge in [-0.1, -0.05) is 0 Å². The van der Waals surface area contributed by atoms with Crippen molar-refractivity contribution in [3.05, 3.63) is 30.2 Å². The Morgan fingerprint density at radius 1 is 1.26 bits per heavy atom. The lowest BCUT2D eigenvalue weighted by atomic mass is 10.2. The summed E-state index contributed by atoms with van der Waals surface area (Å²) in [6.45, 7) is 6.41. The molecule has 1 rings (SSSR count). The Morgan fingerprint density at radius 2 is 1.96 bits per heavy atom. The molecule has 0 bridgehead atoms. The fourth-order valence-electron chi connectivity index (χ4n) is 1.76. The third-order valence-electron chi connectivity index (χ3n) is 2.80. The molecule has 128 valence electrons. The van der Waals surface area contributed by atoms with Crippen LogP contribution in [-0.2, 0) is 14.3 Å². The minimum atomic E-state index is -0.572. The van der Waals surface area contributed by atoms with Crippen molar-refractivity contribution < 1.29 is 18.7 Å². The van der Waals surface area contributed by atoms with Crippen LogP contribution in [0.25, 0.3) is 6.08 Å². The summed E-state index contributed by atoms with van der Waals surface area (Å²) in [6.07, 6.45) is 4.52. The maximum atomic E-state index is 12.3. The monoisotopic (exact) mass is 322 g/mol. The Labute approximate surface area is 137 Å². The average Bonchev–Trinajstić information content (AvgIpc) is 2.91. The number of hydrogen-bond acceptors (Lipinski definition) is 5. The van der Waals surface area contributed by atoms with E-state index in [4.69, 9.17) is 9.15 Å². The Bertz CT molecular complexity index is 527. The molecular weight excluding hydrogens is 296 g/mol. The van der Waals surface area contributed by atoms with Gasteiger partial charge >= 0.3 is 5.97 Å². The van der Waals surface area contributed by atoms with E-state index in [9.17, 15) is 9.59 Å². The number of ether oxygens (including phenoxy) is 1. The third-order valence-corrected chi connectivity index (χ3v) is 2.80. The van der Waals surface area contributed by atoms with Crippen molar-refractivity contribution in [1.82, 2.24) is 9.80 Å². The molecule has 1 amide bonds. The van der Waals surface area contributed by atoms with Crippen LogP contribution in [0.1, 0.15) is 26.5 Å². The molecule has 0 aliphatic rings. The molecule has 1 heterocycles. The van der Waals surface area contributed by atoms with Crippen LogP contribution in [0.5, 0.6) is 0 Å². The van der Waals surface area contributed by atoms with E-state index in [1.165, 1.54) is 17.2 Å². The van der Waals surface area contributed by atoms with Gasteiger partial charge in [0.15, 0.2) is 0 Å². The van der Waals surface area contributed by atoms with E-state index in [0.29, 0.717) is 18.8 Å². The van der Waals surface area contributed by atoms with Gasteiger partial charge in [0.05, 0.1) is 6.26 Å². The van der Waals surface area contributed by atoms with Gasteiger partial charge in [0.25, 0.3) is 0 Å². The molecule has 0 spiro atoms. The lowest BCUT2D eigenvalue weighted by Crippen LogP contribution is -2.41. The lowest BCUT2D eigenvalue weighted by Gasteiger charge is -2.25. The van der Waals surface area contributed by atoms with Gasteiger partial charge in [0.1, 0.15) is 17.9 Å². The first-order valence-corrected chi connectivity index (χ1v) is 7.54. The molecule has 0 fully saturated rings. The fourth-order valence-corrected chi connectivity index (χ4v) is 1.76. The molecule has 1 aromatic rings. The molecule has 1 aromatic heterocycles. The van der Waals surface area contributed by atoms with E-state index < -0.39 is 11.6 Å². The second kappa shape index (κ2) is 8.53. The summed E-state index contributed by atoms with van der Waals surface area (Å²) >= 11 is 0. The van der Waals surface area contributed by atoms with E-state index in [1.54, 1.807) is 39.0 Å². The van der Waals surface area contributed by atoms with Gasteiger partial charge in [0, 0.05) is 19.2 Å². The maximum absolute atomic E-state index is 12.3. The number of amides is 1. The highest BCUT2D eigenvalue weighted by Crippen LogP contribution is 2.08. The molecule has 0 atom stereocenters. The second-order valence-electron chi connectivity index (χ2n) is 6.50. The number of hydrogen-bond donors (Lipinski definition) is 0. The quantitative estimate of drug-likeness (QED) is 0.568. The zero-order valence-electron chi connectivity index (χ0n) is 14.5. The largest absolute Gasteiger partial charge is 0.465 e. The number of carbonyl (C=O) groups is 2. The molecule has 0 aliphatic heterocycles. The van der Waals surface area contributed by atoms with Crippen LogP contribution in [0, 0.1) is 0 Å². The molecular formula is C17H26N2O4. The molecule has 6 nitrogen and oxygen atoms in total. The molecule has 0 unspecified atom stereocenters. The first kappa shape index (κ1) is 19.0. The topological polar surface area (TPSA) is 63.0 Å². The fraction of sp³-hybridized carbons (Fsp3) is 0.529. The number of nitrogens with zero attached hydrogens (tertiary/aromatic N) is 2. The van der Waals surface area contributed by atoms with Crippen molar-refractivity contribution >= 4 is 18.0 Å². The highest BCUT2D eigenvalue weighted by atomic mass is 16.6. The van der Waals surface area contributed by atoms with Crippen LogP contribution in [0.15, 0.2) is 28.9 Å². The molecule has 0 aliphatic carbocycles. The standard InChI is InChI=1S/C17H26N2O4/c1-17(2,3)23-16(21)13-19(11-10-18(4)5)15(20)9-8-14-7-6-12-22-14/h6-9,12H,10-11,13H2,1-5H3. The SMILES string of the molecule is CN(C)CCN(CC(=O)OC(C)(C)C)C(=O)C=Cc1ccco1. The van der Waals surface area contributed by atoms with Gasteiger partial charge in [-0.3, -0.25) is 9.59 Å². The van der Waals surface area contributed by atoms with E-state index >= 15 is 0 Å². The van der Waals surface area contributed by atoms with Crippen LogP contribution in [0.3, 0.4) is 0 Å². The predicted molar refractivity (Wildman–Crippen MR) is 88.7 cm³/mol. The molecule has 6 heteroatoms. The summed E-state index contributed by atoms with van der Waals surface area (Å²) in [7, 11) is 3.82. The Hall–Kier alpha value is -2.08. The first-order chi connectivity index (χ1) is 10.7. The van der Waals surface area contributed by atoms with Gasteiger partial charge in [-0.25, -0.2) is 0 Å². The molecule has 0 radical (unpaired) electrons. The van der Waals surface area contributed by atoms with Crippen molar-refractivity contribution in [3.63, 3.8) is 0 Å². The van der Waals surface area contributed by atoms with Crippen molar-refractivity contribution in [1.29, 1.82) is 0 Å². The first-order valence-electron chi connectivity index (χ1n) is 7.54. The highest BCUT2D eigenvalue weighted by Gasteiger charge is 2.21.